The van der Waals surface area contributed by atoms with Gasteiger partial charge in [-0.1, -0.05) is 20.8 Å². The third-order valence-electron chi connectivity index (χ3n) is 5.31. The molecule has 1 saturated carbocycles. The largest absolute Gasteiger partial charge is 0.340 e. The van der Waals surface area contributed by atoms with Gasteiger partial charge in [-0.15, -0.1) is 0 Å². The first-order valence-electron chi connectivity index (χ1n) is 7.85. The Labute approximate surface area is 122 Å². The maximum atomic E-state index is 12.8. The predicted octanol–water partition coefficient (Wildman–Crippen LogP) is 2.47. The van der Waals surface area contributed by atoms with Crippen LogP contribution in [0.25, 0.3) is 0 Å². The van der Waals surface area contributed by atoms with E-state index >= 15 is 0 Å². The molecule has 0 bridgehead atoms. The fourth-order valence-corrected chi connectivity index (χ4v) is 3.40. The Morgan fingerprint density at radius 2 is 1.75 bits per heavy atom. The topological polar surface area (TPSA) is 49.4 Å². The molecule has 114 valence electrons. The molecule has 4 heteroatoms. The summed E-state index contributed by atoms with van der Waals surface area (Å²) in [6, 6.07) is -0.115. The lowest BCUT2D eigenvalue weighted by Crippen LogP contribution is -2.70. The fraction of sp³-hybridized carbons (Fsp3) is 0.875. The van der Waals surface area contributed by atoms with E-state index in [0.29, 0.717) is 11.8 Å². The lowest BCUT2D eigenvalue weighted by atomic mass is 9.74. The van der Waals surface area contributed by atoms with E-state index in [1.54, 1.807) is 0 Å². The number of hydrogen-bond acceptors (Lipinski definition) is 2. The van der Waals surface area contributed by atoms with Crippen LogP contribution in [-0.2, 0) is 9.59 Å². The first kappa shape index (κ1) is 15.3. The lowest BCUT2D eigenvalue weighted by molar-refractivity contribution is -0.158. The molecule has 0 aromatic heterocycles. The van der Waals surface area contributed by atoms with E-state index in [1.165, 1.54) is 0 Å². The third kappa shape index (κ3) is 2.57. The number of piperazine rings is 1. The lowest BCUT2D eigenvalue weighted by Gasteiger charge is -2.49. The molecule has 1 N–H and O–H groups in total. The van der Waals surface area contributed by atoms with Gasteiger partial charge in [-0.2, -0.15) is 0 Å². The number of amides is 2. The Bertz CT molecular complexity index is 409. The zero-order chi connectivity index (χ0) is 15.1. The minimum absolute atomic E-state index is 0.0150. The predicted molar refractivity (Wildman–Crippen MR) is 79.2 cm³/mol. The van der Waals surface area contributed by atoms with Crippen LogP contribution >= 0.6 is 0 Å². The average Bonchev–Trinajstić information content (AvgIpc) is 2.38. The van der Waals surface area contributed by atoms with Gasteiger partial charge in [-0.05, 0) is 51.4 Å². The molecule has 0 spiro atoms. The Kier molecular flexibility index (Phi) is 3.87. The van der Waals surface area contributed by atoms with Crippen molar-refractivity contribution in [1.29, 1.82) is 0 Å². The summed E-state index contributed by atoms with van der Waals surface area (Å²) in [6.07, 6.45) is 4.91. The quantitative estimate of drug-likeness (QED) is 0.844. The number of hydrogen-bond donors (Lipinski definition) is 1. The first-order chi connectivity index (χ1) is 9.20. The van der Waals surface area contributed by atoms with Gasteiger partial charge in [0.15, 0.2) is 0 Å². The summed E-state index contributed by atoms with van der Waals surface area (Å²) in [5.41, 5.74) is -0.356. The van der Waals surface area contributed by atoms with Gasteiger partial charge in [0.25, 0.3) is 0 Å². The molecule has 0 radical (unpaired) electrons. The van der Waals surface area contributed by atoms with Crippen molar-refractivity contribution < 1.29 is 9.59 Å². The smallest absolute Gasteiger partial charge is 0.248 e. The van der Waals surface area contributed by atoms with Gasteiger partial charge < -0.3 is 10.2 Å². The number of carbonyl (C=O) groups is 2. The van der Waals surface area contributed by atoms with Gasteiger partial charge in [0.05, 0.1) is 0 Å². The molecule has 4 nitrogen and oxygen atoms in total. The molecule has 0 aromatic carbocycles. The van der Waals surface area contributed by atoms with Crippen LogP contribution in [0.1, 0.15) is 66.7 Å². The number of rotatable bonds is 2. The molecule has 20 heavy (non-hydrogen) atoms. The van der Waals surface area contributed by atoms with Crippen LogP contribution in [0.5, 0.6) is 0 Å². The highest BCUT2D eigenvalue weighted by Gasteiger charge is 2.48. The average molecular weight is 280 g/mol. The third-order valence-corrected chi connectivity index (χ3v) is 5.31. The summed E-state index contributed by atoms with van der Waals surface area (Å²) in [5.74, 6) is 0.0792. The summed E-state index contributed by atoms with van der Waals surface area (Å²) in [4.78, 5) is 26.9. The first-order valence-corrected chi connectivity index (χ1v) is 7.85. The normalized spacial score (nSPS) is 35.0. The maximum Gasteiger partial charge on any atom is 0.248 e. The second-order valence-electron chi connectivity index (χ2n) is 7.46. The molecule has 2 atom stereocenters. The van der Waals surface area contributed by atoms with Crippen molar-refractivity contribution in [2.75, 3.05) is 0 Å². The van der Waals surface area contributed by atoms with Crippen molar-refractivity contribution in [2.24, 2.45) is 5.41 Å². The summed E-state index contributed by atoms with van der Waals surface area (Å²) in [6.45, 7) is 10.2. The molecule has 2 fully saturated rings. The molecule has 1 saturated heterocycles. The van der Waals surface area contributed by atoms with Crippen molar-refractivity contribution in [3.05, 3.63) is 0 Å². The van der Waals surface area contributed by atoms with E-state index in [0.717, 1.165) is 25.7 Å². The fourth-order valence-electron chi connectivity index (χ4n) is 3.40. The minimum Gasteiger partial charge on any atom is -0.340 e. The monoisotopic (exact) mass is 280 g/mol. The Morgan fingerprint density at radius 1 is 1.20 bits per heavy atom. The van der Waals surface area contributed by atoms with E-state index < -0.39 is 5.54 Å². The van der Waals surface area contributed by atoms with Crippen molar-refractivity contribution in [3.8, 4) is 0 Å². The van der Waals surface area contributed by atoms with Crippen molar-refractivity contribution in [1.82, 2.24) is 10.2 Å². The van der Waals surface area contributed by atoms with Crippen LogP contribution in [0.2, 0.25) is 0 Å². The Morgan fingerprint density at radius 3 is 2.25 bits per heavy atom. The summed E-state index contributed by atoms with van der Waals surface area (Å²) >= 11 is 0. The molecule has 2 unspecified atom stereocenters. The van der Waals surface area contributed by atoms with Crippen LogP contribution in [-0.4, -0.2) is 34.3 Å². The Hall–Kier alpha value is -1.06. The molecule has 1 heterocycles. The van der Waals surface area contributed by atoms with Gasteiger partial charge in [-0.25, -0.2) is 0 Å². The summed E-state index contributed by atoms with van der Waals surface area (Å²) in [5, 5.41) is 2.90. The van der Waals surface area contributed by atoms with E-state index in [-0.39, 0.29) is 23.9 Å². The molecule has 2 aliphatic rings. The summed E-state index contributed by atoms with van der Waals surface area (Å²) < 4.78 is 0. The van der Waals surface area contributed by atoms with Gasteiger partial charge >= 0.3 is 0 Å². The van der Waals surface area contributed by atoms with E-state index in [2.05, 4.69) is 19.2 Å². The molecule has 2 rings (SSSR count). The Balaban J connectivity index is 2.20. The number of nitrogens with zero attached hydrogens (tertiary/aromatic N) is 1. The highest BCUT2D eigenvalue weighted by Crippen LogP contribution is 2.38. The minimum atomic E-state index is -0.726. The van der Waals surface area contributed by atoms with Gasteiger partial charge in [-0.3, -0.25) is 9.59 Å². The van der Waals surface area contributed by atoms with Gasteiger partial charge in [0, 0.05) is 6.04 Å². The molecule has 0 aromatic rings. The van der Waals surface area contributed by atoms with E-state index in [9.17, 15) is 9.59 Å². The molecular formula is C16H28N2O2. The van der Waals surface area contributed by atoms with Crippen LogP contribution in [0.4, 0.5) is 0 Å². The van der Waals surface area contributed by atoms with Crippen LogP contribution in [0.15, 0.2) is 0 Å². The number of carbonyl (C=O) groups excluding carboxylic acids is 2. The standard InChI is InChI=1S/C16H28N2O2/c1-6-16(5)14(20)18(11(2)13(19)17-16)12-7-9-15(3,4)10-8-12/h11-12H,6-10H2,1-5H3,(H,17,19). The zero-order valence-electron chi connectivity index (χ0n) is 13.5. The maximum absolute atomic E-state index is 12.8. The van der Waals surface area contributed by atoms with Crippen molar-refractivity contribution in [2.45, 2.75) is 84.3 Å². The highest BCUT2D eigenvalue weighted by atomic mass is 16.2. The summed E-state index contributed by atoms with van der Waals surface area (Å²) in [7, 11) is 0. The van der Waals surface area contributed by atoms with E-state index in [4.69, 9.17) is 0 Å². The van der Waals surface area contributed by atoms with E-state index in [1.807, 2.05) is 25.7 Å². The van der Waals surface area contributed by atoms with Crippen LogP contribution in [0.3, 0.4) is 0 Å². The molecular weight excluding hydrogens is 252 g/mol. The molecule has 1 aliphatic heterocycles. The highest BCUT2D eigenvalue weighted by molar-refractivity contribution is 5.99. The zero-order valence-corrected chi connectivity index (χ0v) is 13.5. The molecule has 1 aliphatic carbocycles. The van der Waals surface area contributed by atoms with Gasteiger partial charge in [0.1, 0.15) is 11.6 Å². The molecule has 2 amide bonds. The van der Waals surface area contributed by atoms with Crippen LogP contribution in [0, 0.1) is 5.41 Å². The second-order valence-corrected chi connectivity index (χ2v) is 7.46. The van der Waals surface area contributed by atoms with Crippen LogP contribution < -0.4 is 5.32 Å². The number of nitrogens with one attached hydrogen (secondary N) is 1. The van der Waals surface area contributed by atoms with Crippen molar-refractivity contribution in [3.63, 3.8) is 0 Å². The SMILES string of the molecule is CCC1(C)NC(=O)C(C)N(C2CCC(C)(C)CC2)C1=O. The van der Waals surface area contributed by atoms with Gasteiger partial charge in [0.2, 0.25) is 11.8 Å². The second kappa shape index (κ2) is 5.05. The van der Waals surface area contributed by atoms with Crippen molar-refractivity contribution >= 4 is 11.8 Å².